The number of rotatable bonds is 8. The molecule has 0 aromatic carbocycles. The van der Waals surface area contributed by atoms with E-state index in [4.69, 9.17) is 5.73 Å². The summed E-state index contributed by atoms with van der Waals surface area (Å²) in [5.41, 5.74) is 5.02. The molecule has 0 radical (unpaired) electrons. The van der Waals surface area contributed by atoms with Crippen LogP contribution < -0.4 is 5.73 Å². The normalized spacial score (nSPS) is 17.8. The molecule has 3 N–H and O–H groups in total. The Morgan fingerprint density at radius 3 is 2.14 bits per heavy atom. The molecule has 86 valence electrons. The number of aliphatic hydroxyl groups is 1. The topological polar surface area (TPSA) is 46.2 Å². The van der Waals surface area contributed by atoms with Gasteiger partial charge >= 0.3 is 0 Å². The SMILES string of the molecule is CCCCC(CC)C(N)(O)CCCC. The molecule has 0 aromatic heterocycles. The Labute approximate surface area is 88.9 Å². The monoisotopic (exact) mass is 201 g/mol. The van der Waals surface area contributed by atoms with E-state index in [0.717, 1.165) is 32.1 Å². The van der Waals surface area contributed by atoms with Crippen molar-refractivity contribution in [1.82, 2.24) is 0 Å². The van der Waals surface area contributed by atoms with Gasteiger partial charge in [0.2, 0.25) is 0 Å². The Hall–Kier alpha value is -0.0800. The van der Waals surface area contributed by atoms with Gasteiger partial charge in [-0.3, -0.25) is 0 Å². The van der Waals surface area contributed by atoms with Crippen LogP contribution in [0.3, 0.4) is 0 Å². The second kappa shape index (κ2) is 7.24. The van der Waals surface area contributed by atoms with E-state index in [-0.39, 0.29) is 5.92 Å². The lowest BCUT2D eigenvalue weighted by atomic mass is 9.85. The molecule has 0 bridgehead atoms. The first-order valence-corrected chi connectivity index (χ1v) is 6.09. The van der Waals surface area contributed by atoms with Crippen molar-refractivity contribution >= 4 is 0 Å². The van der Waals surface area contributed by atoms with Gasteiger partial charge in [0.25, 0.3) is 0 Å². The number of hydrogen-bond acceptors (Lipinski definition) is 2. The van der Waals surface area contributed by atoms with Gasteiger partial charge in [-0.1, -0.05) is 40.0 Å². The van der Waals surface area contributed by atoms with Crippen LogP contribution in [-0.4, -0.2) is 10.8 Å². The van der Waals surface area contributed by atoms with Crippen LogP contribution in [0.4, 0.5) is 0 Å². The molecule has 0 spiro atoms. The van der Waals surface area contributed by atoms with E-state index >= 15 is 0 Å². The predicted octanol–water partition coefficient (Wildman–Crippen LogP) is 3.04. The molecular formula is C12H27NO. The van der Waals surface area contributed by atoms with Crippen molar-refractivity contribution in [2.75, 3.05) is 0 Å². The average molecular weight is 201 g/mol. The van der Waals surface area contributed by atoms with Crippen LogP contribution in [0.25, 0.3) is 0 Å². The number of unbranched alkanes of at least 4 members (excludes halogenated alkanes) is 2. The molecule has 0 aliphatic heterocycles. The smallest absolute Gasteiger partial charge is 0.116 e. The molecule has 0 aliphatic rings. The summed E-state index contributed by atoms with van der Waals surface area (Å²) in [5.74, 6) is 0.272. The summed E-state index contributed by atoms with van der Waals surface area (Å²) in [7, 11) is 0. The first-order valence-electron chi connectivity index (χ1n) is 6.09. The van der Waals surface area contributed by atoms with E-state index < -0.39 is 5.72 Å². The summed E-state index contributed by atoms with van der Waals surface area (Å²) >= 11 is 0. The third kappa shape index (κ3) is 4.97. The fraction of sp³-hybridized carbons (Fsp3) is 1.00. The van der Waals surface area contributed by atoms with Crippen molar-refractivity contribution in [2.45, 2.75) is 71.4 Å². The molecule has 2 nitrogen and oxygen atoms in total. The highest BCUT2D eigenvalue weighted by Crippen LogP contribution is 2.26. The second-order valence-corrected chi connectivity index (χ2v) is 4.34. The van der Waals surface area contributed by atoms with Gasteiger partial charge in [-0.05, 0) is 25.7 Å². The van der Waals surface area contributed by atoms with Gasteiger partial charge in [0, 0.05) is 5.92 Å². The van der Waals surface area contributed by atoms with Gasteiger partial charge in [-0.2, -0.15) is 0 Å². The van der Waals surface area contributed by atoms with Crippen LogP contribution >= 0.6 is 0 Å². The minimum Gasteiger partial charge on any atom is -0.376 e. The fourth-order valence-electron chi connectivity index (χ4n) is 1.92. The standard InChI is InChI=1S/C12H27NO/c1-4-7-9-11(6-3)12(13,14)10-8-5-2/h11,14H,4-10,13H2,1-3H3. The summed E-state index contributed by atoms with van der Waals surface area (Å²) in [6, 6.07) is 0. The minimum absolute atomic E-state index is 0.272. The third-order valence-electron chi connectivity index (χ3n) is 3.04. The van der Waals surface area contributed by atoms with Crippen LogP contribution in [0.15, 0.2) is 0 Å². The molecule has 0 aromatic rings. The molecule has 2 unspecified atom stereocenters. The van der Waals surface area contributed by atoms with Crippen molar-refractivity contribution in [1.29, 1.82) is 0 Å². The molecule has 0 heterocycles. The van der Waals surface area contributed by atoms with E-state index in [9.17, 15) is 5.11 Å². The van der Waals surface area contributed by atoms with Crippen LogP contribution in [0, 0.1) is 5.92 Å². The Balaban J connectivity index is 4.03. The molecule has 0 fully saturated rings. The maximum absolute atomic E-state index is 10.1. The van der Waals surface area contributed by atoms with Gasteiger partial charge in [-0.25, -0.2) is 0 Å². The molecule has 0 aliphatic carbocycles. The van der Waals surface area contributed by atoms with Gasteiger partial charge in [0.15, 0.2) is 0 Å². The zero-order chi connectivity index (χ0) is 11.0. The fourth-order valence-corrected chi connectivity index (χ4v) is 1.92. The minimum atomic E-state index is -0.931. The summed E-state index contributed by atoms with van der Waals surface area (Å²) in [6.45, 7) is 6.42. The van der Waals surface area contributed by atoms with E-state index in [1.54, 1.807) is 0 Å². The first kappa shape index (κ1) is 13.9. The van der Waals surface area contributed by atoms with Crippen molar-refractivity contribution in [3.05, 3.63) is 0 Å². The first-order chi connectivity index (χ1) is 6.58. The summed E-state index contributed by atoms with van der Waals surface area (Å²) in [6.07, 6.45) is 7.26. The van der Waals surface area contributed by atoms with Crippen LogP contribution in [0.5, 0.6) is 0 Å². The summed E-state index contributed by atoms with van der Waals surface area (Å²) in [4.78, 5) is 0. The molecule has 2 heteroatoms. The molecule has 0 rings (SSSR count). The van der Waals surface area contributed by atoms with Crippen molar-refractivity contribution in [2.24, 2.45) is 11.7 Å². The van der Waals surface area contributed by atoms with E-state index in [0.29, 0.717) is 0 Å². The van der Waals surface area contributed by atoms with E-state index in [2.05, 4.69) is 20.8 Å². The summed E-state index contributed by atoms with van der Waals surface area (Å²) in [5, 5.41) is 10.1. The van der Waals surface area contributed by atoms with Gasteiger partial charge in [0.1, 0.15) is 5.72 Å². The maximum atomic E-state index is 10.1. The Morgan fingerprint density at radius 2 is 1.71 bits per heavy atom. The van der Waals surface area contributed by atoms with Gasteiger partial charge in [0.05, 0.1) is 0 Å². The Bertz CT molecular complexity index is 134. The van der Waals surface area contributed by atoms with Gasteiger partial charge < -0.3 is 10.8 Å². The Kier molecular flexibility index (Phi) is 7.20. The number of nitrogens with two attached hydrogens (primary N) is 1. The zero-order valence-corrected chi connectivity index (χ0v) is 10.1. The maximum Gasteiger partial charge on any atom is 0.116 e. The Morgan fingerprint density at radius 1 is 1.14 bits per heavy atom. The largest absolute Gasteiger partial charge is 0.376 e. The quantitative estimate of drug-likeness (QED) is 0.593. The molecular weight excluding hydrogens is 174 g/mol. The molecule has 0 saturated heterocycles. The van der Waals surface area contributed by atoms with Crippen molar-refractivity contribution in [3.8, 4) is 0 Å². The average Bonchev–Trinajstić information content (AvgIpc) is 2.16. The van der Waals surface area contributed by atoms with Gasteiger partial charge in [-0.15, -0.1) is 0 Å². The highest BCUT2D eigenvalue weighted by atomic mass is 16.3. The molecule has 2 atom stereocenters. The molecule has 14 heavy (non-hydrogen) atoms. The third-order valence-corrected chi connectivity index (χ3v) is 3.04. The van der Waals surface area contributed by atoms with Crippen LogP contribution in [0.1, 0.15) is 65.7 Å². The number of hydrogen-bond donors (Lipinski definition) is 2. The highest BCUT2D eigenvalue weighted by Gasteiger charge is 2.29. The van der Waals surface area contributed by atoms with E-state index in [1.807, 2.05) is 0 Å². The zero-order valence-electron chi connectivity index (χ0n) is 10.1. The molecule has 0 saturated carbocycles. The predicted molar refractivity (Wildman–Crippen MR) is 62.0 cm³/mol. The van der Waals surface area contributed by atoms with Crippen LogP contribution in [0.2, 0.25) is 0 Å². The lowest BCUT2D eigenvalue weighted by Crippen LogP contribution is -2.46. The van der Waals surface area contributed by atoms with Crippen molar-refractivity contribution < 1.29 is 5.11 Å². The summed E-state index contributed by atoms with van der Waals surface area (Å²) < 4.78 is 0. The van der Waals surface area contributed by atoms with Crippen LogP contribution in [-0.2, 0) is 0 Å². The highest BCUT2D eigenvalue weighted by molar-refractivity contribution is 4.79. The lowest BCUT2D eigenvalue weighted by molar-refractivity contribution is -0.0281. The lowest BCUT2D eigenvalue weighted by Gasteiger charge is -2.32. The van der Waals surface area contributed by atoms with E-state index in [1.165, 1.54) is 12.8 Å². The second-order valence-electron chi connectivity index (χ2n) is 4.34. The van der Waals surface area contributed by atoms with Crippen molar-refractivity contribution in [3.63, 3.8) is 0 Å². The molecule has 0 amide bonds.